The summed E-state index contributed by atoms with van der Waals surface area (Å²) in [6.45, 7) is 0. The molecule has 1 amide bonds. The highest BCUT2D eigenvalue weighted by molar-refractivity contribution is 14.1. The number of hydrogen-bond donors (Lipinski definition) is 1. The lowest BCUT2D eigenvalue weighted by molar-refractivity contribution is -0.167. The van der Waals surface area contributed by atoms with E-state index in [1.165, 1.54) is 12.1 Å². The highest BCUT2D eigenvalue weighted by Gasteiger charge is 2.39. The Hall–Kier alpha value is -0.0200. The largest absolute Gasteiger partial charge is 0.471 e. The van der Waals surface area contributed by atoms with Gasteiger partial charge in [0.1, 0.15) is 0 Å². The van der Waals surface area contributed by atoms with Gasteiger partial charge in [-0.1, -0.05) is 11.6 Å². The van der Waals surface area contributed by atoms with Crippen molar-refractivity contribution in [2.45, 2.75) is 6.18 Å². The number of benzene rings is 1. The van der Waals surface area contributed by atoms with Crippen LogP contribution in [0.2, 0.25) is 5.02 Å². The molecule has 0 bridgehead atoms. The number of halogens is 6. The predicted octanol–water partition coefficient (Wildman–Crippen LogP) is 4.21. The second-order valence-electron chi connectivity index (χ2n) is 2.67. The Balaban J connectivity index is 3.00. The van der Waals surface area contributed by atoms with Crippen LogP contribution in [0.1, 0.15) is 0 Å². The third kappa shape index (κ3) is 3.24. The minimum Gasteiger partial charge on any atom is -0.317 e. The molecule has 0 unspecified atom stereocenters. The number of nitrogens with one attached hydrogen (secondary N) is 1. The summed E-state index contributed by atoms with van der Waals surface area (Å²) in [5.41, 5.74) is 0.0242. The van der Waals surface area contributed by atoms with Gasteiger partial charge in [-0.25, -0.2) is 0 Å². The Bertz CT molecular complexity index is 438. The molecule has 1 rings (SSSR count). The fourth-order valence-corrected chi connectivity index (χ4v) is 2.29. The average molecular weight is 428 g/mol. The summed E-state index contributed by atoms with van der Waals surface area (Å²) in [6.07, 6.45) is -4.91. The van der Waals surface area contributed by atoms with Crippen LogP contribution in [0, 0.1) is 3.57 Å². The van der Waals surface area contributed by atoms with Crippen LogP contribution < -0.4 is 5.32 Å². The fourth-order valence-electron chi connectivity index (χ4n) is 0.816. The number of carbonyl (C=O) groups excluding carboxylic acids is 1. The second-order valence-corrected chi connectivity index (χ2v) is 4.99. The van der Waals surface area contributed by atoms with Gasteiger partial charge in [-0.15, -0.1) is 0 Å². The fraction of sp³-hybridized carbons (Fsp3) is 0.125. The van der Waals surface area contributed by atoms with E-state index in [2.05, 4.69) is 15.9 Å². The summed E-state index contributed by atoms with van der Waals surface area (Å²) in [5, 5.41) is 1.99. The van der Waals surface area contributed by atoms with Gasteiger partial charge >= 0.3 is 12.1 Å². The standard InChI is InChI=1S/C8H3BrClF3INO/c9-3-1-2-4(6(14)5(3)10)15-7(16)8(11,12)13/h1-2H,(H,15,16). The number of alkyl halides is 3. The molecule has 0 heterocycles. The van der Waals surface area contributed by atoms with Crippen molar-refractivity contribution in [2.75, 3.05) is 5.32 Å². The summed E-state index contributed by atoms with van der Waals surface area (Å²) >= 11 is 10.7. The third-order valence-corrected chi connectivity index (χ3v) is 4.26. The summed E-state index contributed by atoms with van der Waals surface area (Å²) in [4.78, 5) is 10.7. The maximum atomic E-state index is 12.0. The van der Waals surface area contributed by atoms with Gasteiger partial charge in [0.25, 0.3) is 0 Å². The highest BCUT2D eigenvalue weighted by atomic mass is 127. The van der Waals surface area contributed by atoms with E-state index in [0.29, 0.717) is 8.04 Å². The first-order valence-electron chi connectivity index (χ1n) is 3.75. The molecule has 1 aromatic carbocycles. The van der Waals surface area contributed by atoms with Crippen LogP contribution in [0.5, 0.6) is 0 Å². The average Bonchev–Trinajstić information content (AvgIpc) is 2.17. The first-order valence-corrected chi connectivity index (χ1v) is 6.00. The molecule has 0 fully saturated rings. The van der Waals surface area contributed by atoms with Crippen molar-refractivity contribution in [1.82, 2.24) is 0 Å². The maximum absolute atomic E-state index is 12.0. The second kappa shape index (κ2) is 5.09. The Labute approximate surface area is 116 Å². The molecule has 0 spiro atoms. The summed E-state index contributed by atoms with van der Waals surface area (Å²) < 4.78 is 36.9. The number of hydrogen-bond acceptors (Lipinski definition) is 1. The van der Waals surface area contributed by atoms with Crippen molar-refractivity contribution < 1.29 is 18.0 Å². The monoisotopic (exact) mass is 427 g/mol. The minimum absolute atomic E-state index is 0.0242. The van der Waals surface area contributed by atoms with Crippen LogP contribution in [0.3, 0.4) is 0 Å². The maximum Gasteiger partial charge on any atom is 0.471 e. The Kier molecular flexibility index (Phi) is 4.47. The first kappa shape index (κ1) is 14.0. The van der Waals surface area contributed by atoms with Gasteiger partial charge in [-0.2, -0.15) is 13.2 Å². The van der Waals surface area contributed by atoms with Crippen LogP contribution in [0.25, 0.3) is 0 Å². The molecule has 88 valence electrons. The number of carbonyl (C=O) groups is 1. The van der Waals surface area contributed by atoms with Crippen molar-refractivity contribution in [2.24, 2.45) is 0 Å². The molecule has 0 atom stereocenters. The zero-order valence-corrected chi connectivity index (χ0v) is 11.8. The van der Waals surface area contributed by atoms with Gasteiger partial charge in [0.2, 0.25) is 0 Å². The molecule has 0 aliphatic rings. The van der Waals surface area contributed by atoms with Crippen LogP contribution >= 0.6 is 50.1 Å². The number of anilines is 1. The van der Waals surface area contributed by atoms with Gasteiger partial charge < -0.3 is 5.32 Å². The SMILES string of the molecule is O=C(Nc1ccc(Br)c(Cl)c1I)C(F)(F)F. The van der Waals surface area contributed by atoms with Gasteiger partial charge in [-0.05, 0) is 50.7 Å². The molecular weight excluding hydrogens is 425 g/mol. The summed E-state index contributed by atoms with van der Waals surface area (Å²) in [7, 11) is 0. The van der Waals surface area contributed by atoms with Crippen molar-refractivity contribution in [3.63, 3.8) is 0 Å². The third-order valence-electron chi connectivity index (χ3n) is 1.54. The molecule has 8 heteroatoms. The van der Waals surface area contributed by atoms with Crippen LogP contribution in [0.4, 0.5) is 18.9 Å². The zero-order chi connectivity index (χ0) is 12.5. The molecule has 0 saturated carbocycles. The molecule has 0 saturated heterocycles. The number of rotatable bonds is 1. The van der Waals surface area contributed by atoms with Crippen molar-refractivity contribution in [3.8, 4) is 0 Å². The van der Waals surface area contributed by atoms with E-state index < -0.39 is 12.1 Å². The van der Waals surface area contributed by atoms with Crippen LogP contribution in [0.15, 0.2) is 16.6 Å². The normalized spacial score (nSPS) is 11.4. The van der Waals surface area contributed by atoms with Gasteiger partial charge in [0, 0.05) is 4.47 Å². The number of amides is 1. The van der Waals surface area contributed by atoms with E-state index in [0.717, 1.165) is 0 Å². The molecule has 0 radical (unpaired) electrons. The molecule has 0 aliphatic heterocycles. The smallest absolute Gasteiger partial charge is 0.317 e. The summed E-state index contributed by atoms with van der Waals surface area (Å²) in [5.74, 6) is -2.02. The van der Waals surface area contributed by atoms with Gasteiger partial charge in [0.15, 0.2) is 0 Å². The van der Waals surface area contributed by atoms with E-state index in [9.17, 15) is 18.0 Å². The molecular formula is C8H3BrClF3INO. The van der Waals surface area contributed by atoms with E-state index in [1.807, 2.05) is 0 Å². The van der Waals surface area contributed by atoms with Crippen molar-refractivity contribution in [1.29, 1.82) is 0 Å². The molecule has 0 aromatic heterocycles. The van der Waals surface area contributed by atoms with Crippen molar-refractivity contribution >= 4 is 61.7 Å². The lowest BCUT2D eigenvalue weighted by Crippen LogP contribution is -2.30. The van der Waals surface area contributed by atoms with E-state index in [-0.39, 0.29) is 10.7 Å². The van der Waals surface area contributed by atoms with E-state index in [4.69, 9.17) is 11.6 Å². The molecule has 1 aromatic rings. The highest BCUT2D eigenvalue weighted by Crippen LogP contribution is 2.33. The molecule has 16 heavy (non-hydrogen) atoms. The van der Waals surface area contributed by atoms with Crippen LogP contribution in [-0.4, -0.2) is 12.1 Å². The minimum atomic E-state index is -4.91. The van der Waals surface area contributed by atoms with Gasteiger partial charge in [-0.3, -0.25) is 4.79 Å². The van der Waals surface area contributed by atoms with Crippen molar-refractivity contribution in [3.05, 3.63) is 25.2 Å². The van der Waals surface area contributed by atoms with E-state index in [1.54, 1.807) is 27.9 Å². The van der Waals surface area contributed by atoms with Gasteiger partial charge in [0.05, 0.1) is 14.3 Å². The quantitative estimate of drug-likeness (QED) is 0.527. The molecule has 1 N–H and O–H groups in total. The first-order chi connectivity index (χ1) is 7.23. The Morgan fingerprint density at radius 1 is 1.44 bits per heavy atom. The Morgan fingerprint density at radius 3 is 2.50 bits per heavy atom. The summed E-state index contributed by atoms with van der Waals surface area (Å²) in [6, 6.07) is 2.79. The topological polar surface area (TPSA) is 29.1 Å². The van der Waals surface area contributed by atoms with Crippen LogP contribution in [-0.2, 0) is 4.79 Å². The lowest BCUT2D eigenvalue weighted by Gasteiger charge is -2.11. The molecule has 2 nitrogen and oxygen atoms in total. The lowest BCUT2D eigenvalue weighted by atomic mass is 10.3. The predicted molar refractivity (Wildman–Crippen MR) is 66.6 cm³/mol. The van der Waals surface area contributed by atoms with E-state index >= 15 is 0 Å². The zero-order valence-electron chi connectivity index (χ0n) is 7.33. The molecule has 0 aliphatic carbocycles. The Morgan fingerprint density at radius 2 is 2.00 bits per heavy atom.